The lowest BCUT2D eigenvalue weighted by atomic mass is 9.99. The average Bonchev–Trinajstić information content (AvgIpc) is 3.28. The number of esters is 1. The molecule has 0 aliphatic carbocycles. The lowest BCUT2D eigenvalue weighted by Crippen LogP contribution is -2.19. The van der Waals surface area contributed by atoms with E-state index in [0.29, 0.717) is 12.4 Å². The van der Waals surface area contributed by atoms with Gasteiger partial charge in [0.15, 0.2) is 5.82 Å². The molecule has 6 nitrogen and oxygen atoms in total. The van der Waals surface area contributed by atoms with E-state index in [-0.39, 0.29) is 5.97 Å². The number of unbranched alkanes of at least 4 members (excludes halogenated alkanes) is 13. The second kappa shape index (κ2) is 17.3. The van der Waals surface area contributed by atoms with Crippen LogP contribution in [0.4, 0.5) is 0 Å². The molecule has 0 radical (unpaired) electrons. The molecule has 33 heavy (non-hydrogen) atoms. The van der Waals surface area contributed by atoms with Gasteiger partial charge in [-0.15, -0.1) is 10.2 Å². The van der Waals surface area contributed by atoms with E-state index in [0.717, 1.165) is 18.5 Å². The minimum absolute atomic E-state index is 0.329. The third kappa shape index (κ3) is 11.0. The SMILES string of the molecule is CCCCCCCCCCCCCCCCn1nnc(C(C(=O)OCC)c2ccccc2)n1. The Morgan fingerprint density at radius 1 is 0.818 bits per heavy atom. The molecule has 0 aliphatic heterocycles. The van der Waals surface area contributed by atoms with Crippen LogP contribution in [0.2, 0.25) is 0 Å². The molecule has 6 heteroatoms. The number of hydrogen-bond donors (Lipinski definition) is 0. The highest BCUT2D eigenvalue weighted by molar-refractivity contribution is 5.81. The van der Waals surface area contributed by atoms with Crippen molar-refractivity contribution >= 4 is 5.97 Å². The zero-order chi connectivity index (χ0) is 23.6. The van der Waals surface area contributed by atoms with E-state index in [2.05, 4.69) is 22.3 Å². The maximum Gasteiger partial charge on any atom is 0.321 e. The molecule has 0 saturated carbocycles. The van der Waals surface area contributed by atoms with Crippen molar-refractivity contribution in [3.8, 4) is 0 Å². The summed E-state index contributed by atoms with van der Waals surface area (Å²) < 4.78 is 5.25. The quantitative estimate of drug-likeness (QED) is 0.171. The summed E-state index contributed by atoms with van der Waals surface area (Å²) in [5.74, 6) is -0.555. The molecule has 0 saturated heterocycles. The van der Waals surface area contributed by atoms with E-state index in [1.807, 2.05) is 30.3 Å². The summed E-state index contributed by atoms with van der Waals surface area (Å²) in [7, 11) is 0. The van der Waals surface area contributed by atoms with Gasteiger partial charge in [0.1, 0.15) is 5.92 Å². The van der Waals surface area contributed by atoms with E-state index in [1.165, 1.54) is 83.5 Å². The largest absolute Gasteiger partial charge is 0.465 e. The number of benzene rings is 1. The van der Waals surface area contributed by atoms with Gasteiger partial charge in [0, 0.05) is 0 Å². The van der Waals surface area contributed by atoms with E-state index < -0.39 is 5.92 Å². The zero-order valence-corrected chi connectivity index (χ0v) is 20.9. The van der Waals surface area contributed by atoms with Gasteiger partial charge in [0.05, 0.1) is 13.2 Å². The minimum atomic E-state index is -0.628. The molecule has 0 bridgehead atoms. The summed E-state index contributed by atoms with van der Waals surface area (Å²) in [4.78, 5) is 14.1. The number of aryl methyl sites for hydroxylation is 1. The molecule has 1 aromatic heterocycles. The highest BCUT2D eigenvalue weighted by Crippen LogP contribution is 2.23. The van der Waals surface area contributed by atoms with Crippen LogP contribution < -0.4 is 0 Å². The predicted octanol–water partition coefficient (Wildman–Crippen LogP) is 6.85. The molecule has 1 heterocycles. The van der Waals surface area contributed by atoms with Crippen molar-refractivity contribution in [2.75, 3.05) is 6.61 Å². The van der Waals surface area contributed by atoms with Crippen LogP contribution in [0.5, 0.6) is 0 Å². The Morgan fingerprint density at radius 2 is 1.36 bits per heavy atom. The topological polar surface area (TPSA) is 69.9 Å². The fourth-order valence-electron chi connectivity index (χ4n) is 4.18. The van der Waals surface area contributed by atoms with Crippen molar-refractivity contribution in [3.63, 3.8) is 0 Å². The lowest BCUT2D eigenvalue weighted by molar-refractivity contribution is -0.144. The predicted molar refractivity (Wildman–Crippen MR) is 133 cm³/mol. The Labute approximate surface area is 200 Å². The van der Waals surface area contributed by atoms with Gasteiger partial charge in [-0.3, -0.25) is 4.79 Å². The van der Waals surface area contributed by atoms with Gasteiger partial charge in [-0.05, 0) is 24.1 Å². The van der Waals surface area contributed by atoms with Gasteiger partial charge in [-0.25, -0.2) is 0 Å². The number of hydrogen-bond acceptors (Lipinski definition) is 5. The molecular formula is C27H44N4O2. The molecule has 0 spiro atoms. The molecule has 2 rings (SSSR count). The summed E-state index contributed by atoms with van der Waals surface area (Å²) >= 11 is 0. The van der Waals surface area contributed by atoms with E-state index in [4.69, 9.17) is 4.74 Å². The van der Waals surface area contributed by atoms with Crippen LogP contribution in [-0.2, 0) is 16.1 Å². The zero-order valence-electron chi connectivity index (χ0n) is 20.9. The van der Waals surface area contributed by atoms with Gasteiger partial charge in [0.2, 0.25) is 0 Å². The van der Waals surface area contributed by atoms with E-state index in [9.17, 15) is 4.79 Å². The summed E-state index contributed by atoms with van der Waals surface area (Å²) in [5, 5.41) is 12.8. The summed E-state index contributed by atoms with van der Waals surface area (Å²) in [6, 6.07) is 9.53. The third-order valence-corrected chi connectivity index (χ3v) is 6.09. The molecular weight excluding hydrogens is 412 g/mol. The number of carbonyl (C=O) groups excluding carboxylic acids is 1. The van der Waals surface area contributed by atoms with Crippen LogP contribution in [0.25, 0.3) is 0 Å². The Hall–Kier alpha value is -2.24. The first-order valence-electron chi connectivity index (χ1n) is 13.3. The monoisotopic (exact) mass is 456 g/mol. The molecule has 2 aromatic rings. The van der Waals surface area contributed by atoms with Crippen molar-refractivity contribution in [1.82, 2.24) is 20.2 Å². The van der Waals surface area contributed by atoms with Gasteiger partial charge < -0.3 is 4.74 Å². The summed E-state index contributed by atoms with van der Waals surface area (Å²) in [5.41, 5.74) is 0.826. The van der Waals surface area contributed by atoms with Crippen LogP contribution in [0, 0.1) is 0 Å². The Morgan fingerprint density at radius 3 is 1.91 bits per heavy atom. The molecule has 0 amide bonds. The second-order valence-corrected chi connectivity index (χ2v) is 8.94. The van der Waals surface area contributed by atoms with Crippen LogP contribution >= 0.6 is 0 Å². The molecule has 0 aliphatic rings. The van der Waals surface area contributed by atoms with Gasteiger partial charge in [-0.2, -0.15) is 4.80 Å². The third-order valence-electron chi connectivity index (χ3n) is 6.09. The van der Waals surface area contributed by atoms with Crippen LogP contribution in [0.3, 0.4) is 0 Å². The maximum absolute atomic E-state index is 12.5. The van der Waals surface area contributed by atoms with Crippen molar-refractivity contribution < 1.29 is 9.53 Å². The van der Waals surface area contributed by atoms with Crippen molar-refractivity contribution in [2.24, 2.45) is 0 Å². The minimum Gasteiger partial charge on any atom is -0.465 e. The molecule has 0 N–H and O–H groups in total. The second-order valence-electron chi connectivity index (χ2n) is 8.94. The lowest BCUT2D eigenvalue weighted by Gasteiger charge is -2.12. The number of rotatable bonds is 19. The summed E-state index contributed by atoms with van der Waals surface area (Å²) in [6.45, 7) is 5.14. The van der Waals surface area contributed by atoms with Crippen LogP contribution in [0.15, 0.2) is 30.3 Å². The van der Waals surface area contributed by atoms with Crippen LogP contribution in [-0.4, -0.2) is 32.8 Å². The Kier molecular flexibility index (Phi) is 14.1. The van der Waals surface area contributed by atoms with Crippen LogP contribution in [0.1, 0.15) is 121 Å². The Bertz CT molecular complexity index is 748. The number of ether oxygens (including phenoxy) is 1. The molecule has 1 aromatic carbocycles. The first kappa shape index (κ1) is 27.0. The fourth-order valence-corrected chi connectivity index (χ4v) is 4.18. The van der Waals surface area contributed by atoms with Gasteiger partial charge >= 0.3 is 5.97 Å². The number of aromatic nitrogens is 4. The maximum atomic E-state index is 12.5. The van der Waals surface area contributed by atoms with Crippen molar-refractivity contribution in [1.29, 1.82) is 0 Å². The normalized spacial score (nSPS) is 12.1. The van der Waals surface area contributed by atoms with Crippen molar-refractivity contribution in [3.05, 3.63) is 41.7 Å². The number of tetrazole rings is 1. The molecule has 1 atom stereocenters. The number of nitrogens with zero attached hydrogens (tertiary/aromatic N) is 4. The smallest absolute Gasteiger partial charge is 0.321 e. The first-order valence-corrected chi connectivity index (χ1v) is 13.3. The highest BCUT2D eigenvalue weighted by atomic mass is 16.5. The molecule has 0 fully saturated rings. The fraction of sp³-hybridized carbons (Fsp3) is 0.704. The highest BCUT2D eigenvalue weighted by Gasteiger charge is 2.28. The van der Waals surface area contributed by atoms with Gasteiger partial charge in [-0.1, -0.05) is 121 Å². The average molecular weight is 457 g/mol. The number of carbonyl (C=O) groups is 1. The van der Waals surface area contributed by atoms with E-state index in [1.54, 1.807) is 11.7 Å². The molecule has 184 valence electrons. The molecule has 1 unspecified atom stereocenters. The van der Waals surface area contributed by atoms with Crippen molar-refractivity contribution in [2.45, 2.75) is 116 Å². The standard InChI is InChI=1S/C27H44N4O2/c1-3-5-6-7-8-9-10-11-12-13-14-15-16-20-23-31-29-26(28-30-31)25(27(32)33-4-2)24-21-18-17-19-22-24/h17-19,21-22,25H,3-16,20,23H2,1-2H3. The first-order chi connectivity index (χ1) is 16.3. The summed E-state index contributed by atoms with van der Waals surface area (Å²) in [6.07, 6.45) is 18.7. The van der Waals surface area contributed by atoms with E-state index >= 15 is 0 Å². The Balaban J connectivity index is 1.59. The van der Waals surface area contributed by atoms with Gasteiger partial charge in [0.25, 0.3) is 0 Å².